The Labute approximate surface area is 179 Å². The van der Waals surface area contributed by atoms with Gasteiger partial charge in [0.25, 0.3) is 0 Å². The smallest absolute Gasteiger partial charge is 0.191 e. The Morgan fingerprint density at radius 2 is 1.96 bits per heavy atom. The van der Waals surface area contributed by atoms with Gasteiger partial charge < -0.3 is 15.2 Å². The van der Waals surface area contributed by atoms with Crippen molar-refractivity contribution in [3.05, 3.63) is 48.0 Å². The first-order chi connectivity index (χ1) is 12.8. The third-order valence-corrected chi connectivity index (χ3v) is 4.87. The number of aliphatic imine (C=N–C) groups is 1. The fourth-order valence-electron chi connectivity index (χ4n) is 3.38. The number of guanidine groups is 1. The number of hydrogen-bond donors (Lipinski definition) is 2. The van der Waals surface area contributed by atoms with Crippen LogP contribution >= 0.6 is 24.0 Å². The Morgan fingerprint density at radius 3 is 2.70 bits per heavy atom. The largest absolute Gasteiger partial charge is 0.355 e. The van der Waals surface area contributed by atoms with Gasteiger partial charge in [-0.05, 0) is 18.4 Å². The highest BCUT2D eigenvalue weighted by molar-refractivity contribution is 14.0. The van der Waals surface area contributed by atoms with E-state index in [4.69, 9.17) is 4.99 Å². The first-order valence-electron chi connectivity index (χ1n) is 9.80. The van der Waals surface area contributed by atoms with Crippen molar-refractivity contribution >= 4 is 29.9 Å². The zero-order chi connectivity index (χ0) is 18.0. The van der Waals surface area contributed by atoms with Crippen LogP contribution < -0.4 is 10.6 Å². The molecule has 0 unspecified atom stereocenters. The summed E-state index contributed by atoms with van der Waals surface area (Å²) in [6.45, 7) is 4.44. The summed E-state index contributed by atoms with van der Waals surface area (Å²) in [5, 5.41) is 15.3. The highest BCUT2D eigenvalue weighted by Gasteiger charge is 2.14. The summed E-state index contributed by atoms with van der Waals surface area (Å²) >= 11 is 0. The molecule has 1 heterocycles. The van der Waals surface area contributed by atoms with Gasteiger partial charge >= 0.3 is 0 Å². The summed E-state index contributed by atoms with van der Waals surface area (Å²) in [4.78, 5) is 4.80. The minimum Gasteiger partial charge on any atom is -0.355 e. The average Bonchev–Trinajstić information content (AvgIpc) is 3.15. The molecule has 1 aliphatic rings. The van der Waals surface area contributed by atoms with Gasteiger partial charge in [0.2, 0.25) is 0 Å². The maximum Gasteiger partial charge on any atom is 0.191 e. The van der Waals surface area contributed by atoms with Crippen molar-refractivity contribution in [1.82, 2.24) is 25.4 Å². The van der Waals surface area contributed by atoms with E-state index < -0.39 is 0 Å². The average molecular weight is 482 g/mol. The molecule has 0 atom stereocenters. The van der Waals surface area contributed by atoms with Crippen LogP contribution in [0.3, 0.4) is 0 Å². The third kappa shape index (κ3) is 7.12. The van der Waals surface area contributed by atoms with Crippen molar-refractivity contribution < 1.29 is 0 Å². The van der Waals surface area contributed by atoms with Gasteiger partial charge in [-0.15, -0.1) is 34.2 Å². The molecule has 0 bridgehead atoms. The summed E-state index contributed by atoms with van der Waals surface area (Å²) in [7, 11) is 0. The van der Waals surface area contributed by atoms with Crippen LogP contribution in [0.15, 0.2) is 41.7 Å². The number of rotatable bonds is 7. The minimum absolute atomic E-state index is 0. The molecule has 1 aromatic carbocycles. The van der Waals surface area contributed by atoms with Gasteiger partial charge in [0.05, 0.1) is 6.54 Å². The molecule has 6 nitrogen and oxygen atoms in total. The van der Waals surface area contributed by atoms with E-state index in [2.05, 4.69) is 56.6 Å². The Balaban J connectivity index is 0.00000261. The van der Waals surface area contributed by atoms with Gasteiger partial charge in [0.15, 0.2) is 5.96 Å². The summed E-state index contributed by atoms with van der Waals surface area (Å²) in [5.74, 6) is 1.93. The van der Waals surface area contributed by atoms with E-state index >= 15 is 0 Å². The minimum atomic E-state index is 0. The van der Waals surface area contributed by atoms with Crippen molar-refractivity contribution in [2.24, 2.45) is 4.99 Å². The Kier molecular flexibility index (Phi) is 9.58. The van der Waals surface area contributed by atoms with E-state index in [9.17, 15) is 0 Å². The second-order valence-electron chi connectivity index (χ2n) is 6.85. The summed E-state index contributed by atoms with van der Waals surface area (Å²) < 4.78 is 2.10. The molecule has 2 aromatic rings. The zero-order valence-corrected chi connectivity index (χ0v) is 18.4. The molecule has 1 aliphatic carbocycles. The zero-order valence-electron chi connectivity index (χ0n) is 16.1. The fraction of sp³-hybridized carbons (Fsp3) is 0.550. The van der Waals surface area contributed by atoms with Crippen LogP contribution in [0.2, 0.25) is 0 Å². The predicted molar refractivity (Wildman–Crippen MR) is 120 cm³/mol. The number of halogens is 1. The van der Waals surface area contributed by atoms with E-state index in [1.165, 1.54) is 37.7 Å². The maximum atomic E-state index is 4.80. The standard InChI is InChI=1S/C20H30N6.HI/c1-2-19-25-23-16-26(19)14-13-21-20(24-18-11-7-4-8-12-18)22-15-17-9-5-3-6-10-17;/h3,5-6,9-10,16,18H,2,4,7-8,11-15H2,1H3,(H2,21,22,24);1H. The maximum absolute atomic E-state index is 4.80. The van der Waals surface area contributed by atoms with Crippen LogP contribution in [0.4, 0.5) is 0 Å². The van der Waals surface area contributed by atoms with Crippen molar-refractivity contribution in [2.45, 2.75) is 64.6 Å². The summed E-state index contributed by atoms with van der Waals surface area (Å²) in [5.41, 5.74) is 1.23. The molecule has 7 heteroatoms. The van der Waals surface area contributed by atoms with Gasteiger partial charge in [-0.1, -0.05) is 56.5 Å². The fourth-order valence-corrected chi connectivity index (χ4v) is 3.38. The molecule has 1 aromatic heterocycles. The van der Waals surface area contributed by atoms with E-state index in [0.29, 0.717) is 12.6 Å². The monoisotopic (exact) mass is 482 g/mol. The van der Waals surface area contributed by atoms with Crippen LogP contribution in [0.25, 0.3) is 0 Å². The van der Waals surface area contributed by atoms with Gasteiger partial charge in [-0.25, -0.2) is 4.99 Å². The molecule has 0 saturated heterocycles. The van der Waals surface area contributed by atoms with Gasteiger partial charge in [-0.3, -0.25) is 0 Å². The number of aromatic nitrogens is 3. The second-order valence-corrected chi connectivity index (χ2v) is 6.85. The predicted octanol–water partition coefficient (Wildman–Crippen LogP) is 3.53. The molecule has 1 saturated carbocycles. The quantitative estimate of drug-likeness (QED) is 0.360. The Morgan fingerprint density at radius 1 is 1.19 bits per heavy atom. The molecule has 2 N–H and O–H groups in total. The Bertz CT molecular complexity index is 679. The van der Waals surface area contributed by atoms with E-state index in [1.54, 1.807) is 6.33 Å². The third-order valence-electron chi connectivity index (χ3n) is 4.87. The SMILES string of the molecule is CCc1nncn1CCNC(=NCc1ccccc1)NC1CCCCC1.I. The van der Waals surface area contributed by atoms with Gasteiger partial charge in [0, 0.05) is 25.6 Å². The van der Waals surface area contributed by atoms with Crippen molar-refractivity contribution in [3.63, 3.8) is 0 Å². The lowest BCUT2D eigenvalue weighted by Gasteiger charge is -2.25. The molecular weight excluding hydrogens is 451 g/mol. The first kappa shape index (κ1) is 21.7. The highest BCUT2D eigenvalue weighted by atomic mass is 127. The van der Waals surface area contributed by atoms with Crippen LogP contribution in [0, 0.1) is 0 Å². The van der Waals surface area contributed by atoms with E-state index in [0.717, 1.165) is 31.3 Å². The number of nitrogens with zero attached hydrogens (tertiary/aromatic N) is 4. The van der Waals surface area contributed by atoms with E-state index in [1.807, 2.05) is 6.07 Å². The molecule has 1 fully saturated rings. The number of aryl methyl sites for hydroxylation is 1. The van der Waals surface area contributed by atoms with E-state index in [-0.39, 0.29) is 24.0 Å². The lowest BCUT2D eigenvalue weighted by atomic mass is 9.96. The van der Waals surface area contributed by atoms with Crippen molar-refractivity contribution in [2.75, 3.05) is 6.54 Å². The molecule has 27 heavy (non-hydrogen) atoms. The molecule has 3 rings (SSSR count). The number of hydrogen-bond acceptors (Lipinski definition) is 3. The van der Waals surface area contributed by atoms with Gasteiger partial charge in [0.1, 0.15) is 12.2 Å². The topological polar surface area (TPSA) is 67.1 Å². The second kappa shape index (κ2) is 11.9. The number of benzene rings is 1. The van der Waals surface area contributed by atoms with Crippen molar-refractivity contribution in [1.29, 1.82) is 0 Å². The molecule has 148 valence electrons. The lowest BCUT2D eigenvalue weighted by molar-refractivity contribution is 0.409. The number of nitrogens with one attached hydrogen (secondary N) is 2. The molecule has 0 spiro atoms. The van der Waals surface area contributed by atoms with Crippen LogP contribution in [0.1, 0.15) is 50.4 Å². The van der Waals surface area contributed by atoms with Gasteiger partial charge in [-0.2, -0.15) is 0 Å². The Hall–Kier alpha value is -1.64. The molecule has 0 amide bonds. The normalized spacial score (nSPS) is 15.2. The summed E-state index contributed by atoms with van der Waals surface area (Å²) in [6, 6.07) is 10.9. The molecule has 0 radical (unpaired) electrons. The highest BCUT2D eigenvalue weighted by Crippen LogP contribution is 2.17. The van der Waals surface area contributed by atoms with Crippen LogP contribution in [-0.4, -0.2) is 33.3 Å². The van der Waals surface area contributed by atoms with Crippen LogP contribution in [-0.2, 0) is 19.5 Å². The van der Waals surface area contributed by atoms with Crippen molar-refractivity contribution in [3.8, 4) is 0 Å². The summed E-state index contributed by atoms with van der Waals surface area (Å²) in [6.07, 6.45) is 9.14. The lowest BCUT2D eigenvalue weighted by Crippen LogP contribution is -2.45. The van der Waals surface area contributed by atoms with Crippen LogP contribution in [0.5, 0.6) is 0 Å². The molecular formula is C20H31IN6. The first-order valence-corrected chi connectivity index (χ1v) is 9.80. The molecule has 0 aliphatic heterocycles.